The third kappa shape index (κ3) is 3.40. The molecule has 1 atom stereocenters. The van der Waals surface area contributed by atoms with Crippen LogP contribution in [0.5, 0.6) is 17.4 Å². The smallest absolute Gasteiger partial charge is 0.244 e. The molecular weight excluding hydrogens is 394 g/mol. The summed E-state index contributed by atoms with van der Waals surface area (Å²) in [5.41, 5.74) is 10.5. The van der Waals surface area contributed by atoms with E-state index < -0.39 is 5.92 Å². The Labute approximate surface area is 180 Å². The molecule has 158 valence electrons. The summed E-state index contributed by atoms with van der Waals surface area (Å²) in [7, 11) is 7.15. The maximum absolute atomic E-state index is 9.89. The zero-order chi connectivity index (χ0) is 22.1. The lowest BCUT2D eigenvalue weighted by Crippen LogP contribution is -2.21. The number of nitrogens with one attached hydrogen (secondary N) is 1. The number of nitriles is 1. The van der Waals surface area contributed by atoms with Gasteiger partial charge in [0.15, 0.2) is 0 Å². The van der Waals surface area contributed by atoms with Gasteiger partial charge in [0.25, 0.3) is 0 Å². The molecule has 1 aliphatic rings. The zero-order valence-electron chi connectivity index (χ0n) is 17.8. The van der Waals surface area contributed by atoms with Crippen LogP contribution in [0.25, 0.3) is 11.3 Å². The number of hydrogen-bond acceptors (Lipinski definition) is 7. The van der Waals surface area contributed by atoms with Crippen molar-refractivity contribution in [3.63, 3.8) is 0 Å². The van der Waals surface area contributed by atoms with Gasteiger partial charge in [-0.05, 0) is 35.9 Å². The highest BCUT2D eigenvalue weighted by molar-refractivity contribution is 5.76. The van der Waals surface area contributed by atoms with Crippen LogP contribution in [0, 0.1) is 11.3 Å². The number of nitrogens with zero attached hydrogens (tertiary/aromatic N) is 3. The Hall–Kier alpha value is -4.12. The number of hydrogen-bond donors (Lipinski definition) is 2. The van der Waals surface area contributed by atoms with E-state index >= 15 is 0 Å². The van der Waals surface area contributed by atoms with Gasteiger partial charge in [0, 0.05) is 25.3 Å². The second kappa shape index (κ2) is 7.95. The van der Waals surface area contributed by atoms with E-state index in [0.717, 1.165) is 22.4 Å². The SMILES string of the molecule is COc1ccc(OC)c(-c2[nH]nc3c2[C@H](c2ccc(N(C)C)cc2)C(C#N)=C(N)O3)c1. The number of allylic oxidation sites excluding steroid dienone is 1. The zero-order valence-corrected chi connectivity index (χ0v) is 17.8. The van der Waals surface area contributed by atoms with Crippen LogP contribution in [-0.4, -0.2) is 38.5 Å². The van der Waals surface area contributed by atoms with Crippen molar-refractivity contribution in [2.45, 2.75) is 5.92 Å². The highest BCUT2D eigenvalue weighted by Crippen LogP contribution is 2.47. The van der Waals surface area contributed by atoms with Crippen LogP contribution in [0.2, 0.25) is 0 Å². The average molecular weight is 417 g/mol. The molecule has 3 aromatic rings. The molecule has 1 aliphatic heterocycles. The van der Waals surface area contributed by atoms with E-state index in [1.54, 1.807) is 14.2 Å². The van der Waals surface area contributed by atoms with Gasteiger partial charge in [0.1, 0.15) is 23.1 Å². The Morgan fingerprint density at radius 2 is 1.87 bits per heavy atom. The predicted octanol–water partition coefficient (Wildman–Crippen LogP) is 3.38. The van der Waals surface area contributed by atoms with E-state index in [1.165, 1.54) is 0 Å². The molecule has 0 saturated carbocycles. The maximum Gasteiger partial charge on any atom is 0.244 e. The third-order valence-corrected chi connectivity index (χ3v) is 5.36. The molecule has 0 bridgehead atoms. The van der Waals surface area contributed by atoms with Crippen molar-refractivity contribution in [3.8, 4) is 34.7 Å². The molecule has 1 aromatic heterocycles. The fraction of sp³-hybridized carbons (Fsp3) is 0.217. The van der Waals surface area contributed by atoms with Gasteiger partial charge in [0.2, 0.25) is 11.8 Å². The summed E-state index contributed by atoms with van der Waals surface area (Å²) in [6, 6.07) is 15.7. The third-order valence-electron chi connectivity index (χ3n) is 5.36. The molecular formula is C23H23N5O3. The van der Waals surface area contributed by atoms with Gasteiger partial charge in [-0.3, -0.25) is 5.10 Å². The Kier molecular flexibility index (Phi) is 5.17. The molecule has 2 aromatic carbocycles. The van der Waals surface area contributed by atoms with Gasteiger partial charge >= 0.3 is 0 Å². The molecule has 0 saturated heterocycles. The first-order valence-corrected chi connectivity index (χ1v) is 9.64. The molecule has 0 aliphatic carbocycles. The maximum atomic E-state index is 9.89. The van der Waals surface area contributed by atoms with Gasteiger partial charge in [-0.25, -0.2) is 0 Å². The molecule has 0 radical (unpaired) electrons. The van der Waals surface area contributed by atoms with Gasteiger partial charge in [-0.2, -0.15) is 5.26 Å². The first-order chi connectivity index (χ1) is 15.0. The number of benzene rings is 2. The minimum Gasteiger partial charge on any atom is -0.497 e. The minimum absolute atomic E-state index is 0.0485. The summed E-state index contributed by atoms with van der Waals surface area (Å²) >= 11 is 0. The number of rotatable bonds is 5. The van der Waals surface area contributed by atoms with Gasteiger partial charge in [-0.15, -0.1) is 5.10 Å². The van der Waals surface area contributed by atoms with E-state index in [9.17, 15) is 5.26 Å². The number of anilines is 1. The fourth-order valence-corrected chi connectivity index (χ4v) is 3.76. The first kappa shape index (κ1) is 20.2. The van der Waals surface area contributed by atoms with Crippen molar-refractivity contribution in [1.29, 1.82) is 5.26 Å². The van der Waals surface area contributed by atoms with Crippen molar-refractivity contribution in [2.24, 2.45) is 5.73 Å². The molecule has 0 spiro atoms. The highest BCUT2D eigenvalue weighted by Gasteiger charge is 2.36. The second-order valence-corrected chi connectivity index (χ2v) is 7.29. The number of aromatic amines is 1. The van der Waals surface area contributed by atoms with Crippen molar-refractivity contribution in [2.75, 3.05) is 33.2 Å². The van der Waals surface area contributed by atoms with Crippen LogP contribution in [0.15, 0.2) is 53.9 Å². The molecule has 8 heteroatoms. The molecule has 8 nitrogen and oxygen atoms in total. The quantitative estimate of drug-likeness (QED) is 0.655. The van der Waals surface area contributed by atoms with Gasteiger partial charge in [-0.1, -0.05) is 12.1 Å². The second-order valence-electron chi connectivity index (χ2n) is 7.29. The Balaban J connectivity index is 1.93. The number of fused-ring (bicyclic) bond motifs is 1. The van der Waals surface area contributed by atoms with Crippen molar-refractivity contribution in [3.05, 3.63) is 65.0 Å². The van der Waals surface area contributed by atoms with E-state index in [4.69, 9.17) is 19.9 Å². The van der Waals surface area contributed by atoms with Crippen LogP contribution < -0.4 is 24.8 Å². The number of methoxy groups -OCH3 is 2. The topological polar surface area (TPSA) is 109 Å². The largest absolute Gasteiger partial charge is 0.497 e. The Morgan fingerprint density at radius 1 is 1.13 bits per heavy atom. The summed E-state index contributed by atoms with van der Waals surface area (Å²) in [6.45, 7) is 0. The number of aromatic nitrogens is 2. The van der Waals surface area contributed by atoms with E-state index in [1.807, 2.05) is 61.5 Å². The number of H-pyrrole nitrogens is 1. The van der Waals surface area contributed by atoms with Crippen LogP contribution in [-0.2, 0) is 0 Å². The summed E-state index contributed by atoms with van der Waals surface area (Å²) in [6.07, 6.45) is 0. The van der Waals surface area contributed by atoms with Crippen molar-refractivity contribution < 1.29 is 14.2 Å². The molecule has 3 N–H and O–H groups in total. The van der Waals surface area contributed by atoms with Crippen LogP contribution >= 0.6 is 0 Å². The van der Waals surface area contributed by atoms with Gasteiger partial charge in [0.05, 0.1) is 31.4 Å². The van der Waals surface area contributed by atoms with Crippen molar-refractivity contribution >= 4 is 5.69 Å². The molecule has 0 fully saturated rings. The normalized spacial score (nSPS) is 15.0. The monoisotopic (exact) mass is 417 g/mol. The highest BCUT2D eigenvalue weighted by atomic mass is 16.5. The van der Waals surface area contributed by atoms with Crippen molar-refractivity contribution in [1.82, 2.24) is 10.2 Å². The Bertz CT molecular complexity index is 1190. The Morgan fingerprint density at radius 3 is 2.48 bits per heavy atom. The lowest BCUT2D eigenvalue weighted by Gasteiger charge is -2.25. The molecule has 2 heterocycles. The summed E-state index contributed by atoms with van der Waals surface area (Å²) in [5.74, 6) is 1.23. The molecule has 0 unspecified atom stereocenters. The standard InChI is InChI=1S/C23H23N5O3/c1-28(2)14-7-5-13(6-8-14)19-17(12-24)22(25)31-23-20(19)21(26-27-23)16-11-15(29-3)9-10-18(16)30-4/h5-11,19H,25H2,1-4H3,(H,26,27)/t19-/m1/s1. The predicted molar refractivity (Wildman–Crippen MR) is 117 cm³/mol. The summed E-state index contributed by atoms with van der Waals surface area (Å²) < 4.78 is 16.7. The van der Waals surface area contributed by atoms with E-state index in [0.29, 0.717) is 28.6 Å². The molecule has 0 amide bonds. The minimum atomic E-state index is -0.449. The summed E-state index contributed by atoms with van der Waals surface area (Å²) in [5, 5.41) is 17.3. The summed E-state index contributed by atoms with van der Waals surface area (Å²) in [4.78, 5) is 2.01. The van der Waals surface area contributed by atoms with Gasteiger partial charge < -0.3 is 24.8 Å². The lowest BCUT2D eigenvalue weighted by molar-refractivity contribution is 0.379. The fourth-order valence-electron chi connectivity index (χ4n) is 3.76. The number of nitrogens with two attached hydrogens (primary N) is 1. The number of ether oxygens (including phenoxy) is 3. The average Bonchev–Trinajstić information content (AvgIpc) is 3.20. The van der Waals surface area contributed by atoms with Crippen LogP contribution in [0.3, 0.4) is 0 Å². The van der Waals surface area contributed by atoms with Crippen LogP contribution in [0.4, 0.5) is 5.69 Å². The van der Waals surface area contributed by atoms with E-state index in [-0.39, 0.29) is 5.88 Å². The molecule has 4 rings (SSSR count). The van der Waals surface area contributed by atoms with Crippen LogP contribution in [0.1, 0.15) is 17.0 Å². The van der Waals surface area contributed by atoms with E-state index in [2.05, 4.69) is 16.3 Å². The molecule has 31 heavy (non-hydrogen) atoms. The lowest BCUT2D eigenvalue weighted by atomic mass is 9.83. The first-order valence-electron chi connectivity index (χ1n) is 9.64.